The molecule has 0 aromatic rings. The Kier molecular flexibility index (Phi) is 3.36. The highest BCUT2D eigenvalue weighted by Gasteiger charge is 2.41. The molecule has 2 heterocycles. The molecule has 2 fully saturated rings. The molecule has 92 valence electrons. The zero-order valence-corrected chi connectivity index (χ0v) is 10.5. The molecule has 3 heteroatoms. The van der Waals surface area contributed by atoms with Gasteiger partial charge in [0, 0.05) is 18.5 Å². The number of ether oxygens (including phenoxy) is 1. The summed E-state index contributed by atoms with van der Waals surface area (Å²) in [5.41, 5.74) is 0.793. The molecule has 0 bridgehead atoms. The van der Waals surface area contributed by atoms with Crippen molar-refractivity contribution in [3.63, 3.8) is 0 Å². The largest absolute Gasteiger partial charge is 0.375 e. The second-order valence-corrected chi connectivity index (χ2v) is 5.89. The molecule has 0 amide bonds. The first kappa shape index (κ1) is 12.1. The van der Waals surface area contributed by atoms with E-state index in [1.54, 1.807) is 0 Å². The highest BCUT2D eigenvalue weighted by atomic mass is 19.1. The Morgan fingerprint density at radius 1 is 1.50 bits per heavy atom. The standard InChI is InChI=1S/C13H22FNO/c1-13(2,3)16-9-11-10(7-14)8-15-6-4-5-12(11)15/h7,11-12H,4-6,8-9H2,1-3H3/b10-7-/t11-,12?/m0/s1. The van der Waals surface area contributed by atoms with Gasteiger partial charge in [-0.15, -0.1) is 0 Å². The molecule has 0 N–H and O–H groups in total. The van der Waals surface area contributed by atoms with E-state index in [4.69, 9.17) is 4.74 Å². The molecule has 2 nitrogen and oxygen atoms in total. The van der Waals surface area contributed by atoms with Gasteiger partial charge in [0.2, 0.25) is 0 Å². The predicted molar refractivity (Wildman–Crippen MR) is 63.0 cm³/mol. The molecule has 1 unspecified atom stereocenters. The van der Waals surface area contributed by atoms with Crippen LogP contribution in [0.4, 0.5) is 4.39 Å². The maximum atomic E-state index is 12.8. The lowest BCUT2D eigenvalue weighted by Gasteiger charge is -2.25. The van der Waals surface area contributed by atoms with Crippen LogP contribution in [-0.4, -0.2) is 36.2 Å². The molecule has 0 aliphatic carbocycles. The number of hydrogen-bond acceptors (Lipinski definition) is 2. The summed E-state index contributed by atoms with van der Waals surface area (Å²) in [6.07, 6.45) is 3.24. The molecule has 0 spiro atoms. The molecule has 0 aromatic heterocycles. The van der Waals surface area contributed by atoms with Gasteiger partial charge in [0.05, 0.1) is 18.5 Å². The molecule has 2 rings (SSSR count). The summed E-state index contributed by atoms with van der Waals surface area (Å²) in [5.74, 6) is 0.270. The molecule has 0 saturated carbocycles. The fourth-order valence-electron chi connectivity index (χ4n) is 2.78. The lowest BCUT2D eigenvalue weighted by molar-refractivity contribution is -0.0213. The second-order valence-electron chi connectivity index (χ2n) is 5.89. The third-order valence-electron chi connectivity index (χ3n) is 3.58. The number of halogens is 1. The zero-order valence-electron chi connectivity index (χ0n) is 10.5. The van der Waals surface area contributed by atoms with Crippen LogP contribution < -0.4 is 0 Å². The summed E-state index contributed by atoms with van der Waals surface area (Å²) < 4.78 is 18.7. The van der Waals surface area contributed by atoms with E-state index in [2.05, 4.69) is 4.90 Å². The number of hydrogen-bond donors (Lipinski definition) is 0. The maximum absolute atomic E-state index is 12.8. The normalized spacial score (nSPS) is 33.6. The minimum atomic E-state index is -0.132. The van der Waals surface area contributed by atoms with Crippen LogP contribution in [0, 0.1) is 5.92 Å². The van der Waals surface area contributed by atoms with Crippen LogP contribution in [0.3, 0.4) is 0 Å². The number of fused-ring (bicyclic) bond motifs is 1. The van der Waals surface area contributed by atoms with Gasteiger partial charge in [0.25, 0.3) is 0 Å². The van der Waals surface area contributed by atoms with Crippen LogP contribution in [0.2, 0.25) is 0 Å². The number of nitrogens with zero attached hydrogens (tertiary/aromatic N) is 1. The van der Waals surface area contributed by atoms with E-state index in [1.807, 2.05) is 20.8 Å². The van der Waals surface area contributed by atoms with Crippen molar-refractivity contribution in [2.24, 2.45) is 5.92 Å². The molecule has 0 radical (unpaired) electrons. The van der Waals surface area contributed by atoms with Crippen LogP contribution in [0.15, 0.2) is 11.9 Å². The predicted octanol–water partition coefficient (Wildman–Crippen LogP) is 2.75. The fraction of sp³-hybridized carbons (Fsp3) is 0.846. The Morgan fingerprint density at radius 3 is 2.88 bits per heavy atom. The van der Waals surface area contributed by atoms with E-state index in [-0.39, 0.29) is 11.5 Å². The van der Waals surface area contributed by atoms with Crippen LogP contribution in [-0.2, 0) is 4.74 Å². The average Bonchev–Trinajstić information content (AvgIpc) is 2.72. The smallest absolute Gasteiger partial charge is 0.0876 e. The van der Waals surface area contributed by atoms with E-state index >= 15 is 0 Å². The first-order chi connectivity index (χ1) is 7.51. The van der Waals surface area contributed by atoms with Crippen molar-refractivity contribution in [1.82, 2.24) is 4.90 Å². The third-order valence-corrected chi connectivity index (χ3v) is 3.58. The van der Waals surface area contributed by atoms with E-state index in [1.165, 1.54) is 12.8 Å². The molecule has 2 aliphatic heterocycles. The average molecular weight is 227 g/mol. The monoisotopic (exact) mass is 227 g/mol. The minimum absolute atomic E-state index is 0.132. The Bertz CT molecular complexity index is 282. The van der Waals surface area contributed by atoms with Crippen molar-refractivity contribution in [2.75, 3.05) is 19.7 Å². The SMILES string of the molecule is CC(C)(C)OC[C@H]1/C(=C\F)CN2CCCC12. The van der Waals surface area contributed by atoms with Crippen LogP contribution in [0.1, 0.15) is 33.6 Å². The van der Waals surface area contributed by atoms with Crippen molar-refractivity contribution in [3.05, 3.63) is 11.9 Å². The Balaban J connectivity index is 2.00. The van der Waals surface area contributed by atoms with Gasteiger partial charge in [0.15, 0.2) is 0 Å². The van der Waals surface area contributed by atoms with Crippen molar-refractivity contribution < 1.29 is 9.13 Å². The van der Waals surface area contributed by atoms with Gasteiger partial charge < -0.3 is 4.74 Å². The number of rotatable bonds is 2. The quantitative estimate of drug-likeness (QED) is 0.719. The molecular weight excluding hydrogens is 205 g/mol. The highest BCUT2D eigenvalue weighted by Crippen LogP contribution is 2.37. The Hall–Kier alpha value is -0.410. The van der Waals surface area contributed by atoms with E-state index in [0.29, 0.717) is 12.6 Å². The summed E-state index contributed by atoms with van der Waals surface area (Å²) in [6, 6.07) is 0.518. The first-order valence-corrected chi connectivity index (χ1v) is 6.18. The second kappa shape index (κ2) is 4.46. The third kappa shape index (κ3) is 2.46. The minimum Gasteiger partial charge on any atom is -0.375 e. The molecule has 0 aromatic carbocycles. The fourth-order valence-corrected chi connectivity index (χ4v) is 2.78. The molecule has 2 saturated heterocycles. The molecule has 2 aliphatic rings. The zero-order chi connectivity index (χ0) is 11.8. The van der Waals surface area contributed by atoms with E-state index in [9.17, 15) is 4.39 Å². The van der Waals surface area contributed by atoms with E-state index in [0.717, 1.165) is 25.0 Å². The van der Waals surface area contributed by atoms with Gasteiger partial charge >= 0.3 is 0 Å². The summed E-state index contributed by atoms with van der Waals surface area (Å²) in [5, 5.41) is 0. The summed E-state index contributed by atoms with van der Waals surface area (Å²) >= 11 is 0. The van der Waals surface area contributed by atoms with Gasteiger partial charge in [0.1, 0.15) is 0 Å². The first-order valence-electron chi connectivity index (χ1n) is 6.18. The summed E-state index contributed by atoms with van der Waals surface area (Å²) in [6.45, 7) is 8.72. The topological polar surface area (TPSA) is 12.5 Å². The maximum Gasteiger partial charge on any atom is 0.0876 e. The Morgan fingerprint density at radius 2 is 2.25 bits per heavy atom. The van der Waals surface area contributed by atoms with Crippen LogP contribution >= 0.6 is 0 Å². The van der Waals surface area contributed by atoms with Crippen molar-refractivity contribution in [2.45, 2.75) is 45.3 Å². The highest BCUT2D eigenvalue weighted by molar-refractivity contribution is 5.17. The lowest BCUT2D eigenvalue weighted by Crippen LogP contribution is -2.31. The van der Waals surface area contributed by atoms with Gasteiger partial charge in [-0.05, 0) is 45.7 Å². The van der Waals surface area contributed by atoms with Crippen molar-refractivity contribution in [1.29, 1.82) is 0 Å². The lowest BCUT2D eigenvalue weighted by atomic mass is 9.95. The Labute approximate surface area is 97.5 Å². The van der Waals surface area contributed by atoms with Gasteiger partial charge in [-0.1, -0.05) is 0 Å². The molecular formula is C13H22FNO. The van der Waals surface area contributed by atoms with Crippen molar-refractivity contribution >= 4 is 0 Å². The van der Waals surface area contributed by atoms with Crippen molar-refractivity contribution in [3.8, 4) is 0 Å². The van der Waals surface area contributed by atoms with Gasteiger partial charge in [-0.25, -0.2) is 4.39 Å². The van der Waals surface area contributed by atoms with Gasteiger partial charge in [-0.3, -0.25) is 4.90 Å². The molecule has 2 atom stereocenters. The summed E-state index contributed by atoms with van der Waals surface area (Å²) in [4.78, 5) is 2.39. The van der Waals surface area contributed by atoms with Crippen LogP contribution in [0.5, 0.6) is 0 Å². The van der Waals surface area contributed by atoms with Crippen LogP contribution in [0.25, 0.3) is 0 Å². The summed E-state index contributed by atoms with van der Waals surface area (Å²) in [7, 11) is 0. The molecule has 16 heavy (non-hydrogen) atoms. The van der Waals surface area contributed by atoms with E-state index < -0.39 is 0 Å². The van der Waals surface area contributed by atoms with Gasteiger partial charge in [-0.2, -0.15) is 0 Å².